The van der Waals surface area contributed by atoms with E-state index in [1.54, 1.807) is 18.3 Å². The number of tetrazole rings is 1. The standard InChI is InChI=1S/C19H21N5O2/c25-17(12-14-4-2-1-3-5-14)15-8-10-23(11-9-15)19(26)16-6-7-18-20-21-22-24(18)13-16/h1-7,13,15,17,25H,8-12H2/t17-/m1/s1. The number of amides is 1. The lowest BCUT2D eigenvalue weighted by molar-refractivity contribution is 0.0467. The predicted octanol–water partition coefficient (Wildman–Crippen LogP) is 1.58. The molecule has 3 aromatic rings. The molecular formula is C19H21N5O2. The van der Waals surface area contributed by atoms with Gasteiger partial charge >= 0.3 is 0 Å². The van der Waals surface area contributed by atoms with Crippen LogP contribution in [0, 0.1) is 5.92 Å². The fourth-order valence-electron chi connectivity index (χ4n) is 3.56. The summed E-state index contributed by atoms with van der Waals surface area (Å²) in [5.41, 5.74) is 2.34. The molecule has 1 N–H and O–H groups in total. The van der Waals surface area contributed by atoms with Crippen LogP contribution in [0.4, 0.5) is 0 Å². The Morgan fingerprint density at radius 1 is 1.15 bits per heavy atom. The Kier molecular flexibility index (Phi) is 4.62. The Balaban J connectivity index is 1.36. The SMILES string of the molecule is O=C(c1ccc2nnnn2c1)N1CCC([C@H](O)Cc2ccccc2)CC1. The first-order chi connectivity index (χ1) is 12.7. The fourth-order valence-corrected chi connectivity index (χ4v) is 3.56. The maximum Gasteiger partial charge on any atom is 0.255 e. The smallest absolute Gasteiger partial charge is 0.255 e. The van der Waals surface area contributed by atoms with Crippen LogP contribution in [0.3, 0.4) is 0 Å². The average Bonchev–Trinajstić information content (AvgIpc) is 3.16. The molecule has 0 aliphatic carbocycles. The van der Waals surface area contributed by atoms with Gasteiger partial charge in [-0.2, -0.15) is 4.52 Å². The van der Waals surface area contributed by atoms with E-state index in [4.69, 9.17) is 0 Å². The van der Waals surface area contributed by atoms with Gasteiger partial charge in [-0.15, -0.1) is 5.10 Å². The molecule has 7 nitrogen and oxygen atoms in total. The van der Waals surface area contributed by atoms with Gasteiger partial charge in [-0.25, -0.2) is 0 Å². The molecular weight excluding hydrogens is 330 g/mol. The minimum atomic E-state index is -0.368. The number of aliphatic hydroxyl groups excluding tert-OH is 1. The Labute approximate surface area is 151 Å². The molecule has 0 saturated carbocycles. The fraction of sp³-hybridized carbons (Fsp3) is 0.368. The summed E-state index contributed by atoms with van der Waals surface area (Å²) in [5, 5.41) is 21.8. The van der Waals surface area contributed by atoms with Crippen molar-refractivity contribution in [2.75, 3.05) is 13.1 Å². The van der Waals surface area contributed by atoms with Crippen LogP contribution in [0.2, 0.25) is 0 Å². The van der Waals surface area contributed by atoms with Crippen LogP contribution in [0.15, 0.2) is 48.7 Å². The van der Waals surface area contributed by atoms with Gasteiger partial charge in [0.25, 0.3) is 5.91 Å². The average molecular weight is 351 g/mol. The van der Waals surface area contributed by atoms with Crippen LogP contribution in [0.5, 0.6) is 0 Å². The summed E-state index contributed by atoms with van der Waals surface area (Å²) >= 11 is 0. The van der Waals surface area contributed by atoms with Crippen molar-refractivity contribution in [3.63, 3.8) is 0 Å². The van der Waals surface area contributed by atoms with Gasteiger partial charge in [0.2, 0.25) is 0 Å². The number of aromatic nitrogens is 4. The van der Waals surface area contributed by atoms with Gasteiger partial charge in [0.15, 0.2) is 5.65 Å². The summed E-state index contributed by atoms with van der Waals surface area (Å²) in [6, 6.07) is 13.5. The van der Waals surface area contributed by atoms with E-state index in [9.17, 15) is 9.90 Å². The van der Waals surface area contributed by atoms with Gasteiger partial charge in [-0.3, -0.25) is 4.79 Å². The second-order valence-corrected chi connectivity index (χ2v) is 6.79. The lowest BCUT2D eigenvalue weighted by atomic mass is 9.88. The van der Waals surface area contributed by atoms with Crippen LogP contribution in [-0.2, 0) is 6.42 Å². The highest BCUT2D eigenvalue weighted by Gasteiger charge is 2.28. The number of rotatable bonds is 4. The quantitative estimate of drug-likeness (QED) is 0.771. The lowest BCUT2D eigenvalue weighted by Gasteiger charge is -2.34. The number of carbonyl (C=O) groups is 1. The molecule has 26 heavy (non-hydrogen) atoms. The highest BCUT2D eigenvalue weighted by Crippen LogP contribution is 2.24. The number of nitrogens with zero attached hydrogens (tertiary/aromatic N) is 5. The summed E-state index contributed by atoms with van der Waals surface area (Å²) < 4.78 is 1.50. The number of piperidine rings is 1. The van der Waals surface area contributed by atoms with Crippen molar-refractivity contribution < 1.29 is 9.90 Å². The minimum absolute atomic E-state index is 0.0154. The molecule has 134 valence electrons. The van der Waals surface area contributed by atoms with Gasteiger partial charge in [0, 0.05) is 19.3 Å². The minimum Gasteiger partial charge on any atom is -0.392 e. The van der Waals surface area contributed by atoms with E-state index < -0.39 is 0 Å². The normalized spacial score (nSPS) is 16.7. The van der Waals surface area contributed by atoms with Gasteiger partial charge < -0.3 is 10.0 Å². The number of pyridine rings is 1. The van der Waals surface area contributed by atoms with E-state index in [1.807, 2.05) is 35.2 Å². The van der Waals surface area contributed by atoms with E-state index in [0.717, 1.165) is 18.4 Å². The molecule has 1 aliphatic rings. The molecule has 0 unspecified atom stereocenters. The highest BCUT2D eigenvalue weighted by atomic mass is 16.3. The first kappa shape index (κ1) is 16.7. The topological polar surface area (TPSA) is 83.6 Å². The molecule has 0 spiro atoms. The summed E-state index contributed by atoms with van der Waals surface area (Å²) in [5.74, 6) is 0.208. The van der Waals surface area contributed by atoms with E-state index in [0.29, 0.717) is 30.7 Å². The molecule has 0 radical (unpaired) electrons. The van der Waals surface area contributed by atoms with E-state index in [-0.39, 0.29) is 17.9 Å². The van der Waals surface area contributed by atoms with Crippen molar-refractivity contribution in [1.82, 2.24) is 24.9 Å². The summed E-state index contributed by atoms with van der Waals surface area (Å²) in [4.78, 5) is 14.6. The number of hydrogen-bond acceptors (Lipinski definition) is 5. The molecule has 7 heteroatoms. The van der Waals surface area contributed by atoms with Gasteiger partial charge in [-0.1, -0.05) is 30.3 Å². The van der Waals surface area contributed by atoms with Crippen LogP contribution >= 0.6 is 0 Å². The summed E-state index contributed by atoms with van der Waals surface area (Å²) in [6.45, 7) is 1.31. The maximum atomic E-state index is 12.7. The van der Waals surface area contributed by atoms with Gasteiger partial charge in [-0.05, 0) is 53.3 Å². The van der Waals surface area contributed by atoms with Crippen LogP contribution in [0.25, 0.3) is 5.65 Å². The molecule has 1 amide bonds. The Morgan fingerprint density at radius 3 is 2.69 bits per heavy atom. The molecule has 1 fully saturated rings. The second kappa shape index (κ2) is 7.21. The Hall–Kier alpha value is -2.80. The summed E-state index contributed by atoms with van der Waals surface area (Å²) in [7, 11) is 0. The predicted molar refractivity (Wildman–Crippen MR) is 95.6 cm³/mol. The zero-order valence-corrected chi connectivity index (χ0v) is 14.4. The molecule has 1 aliphatic heterocycles. The molecule has 1 saturated heterocycles. The second-order valence-electron chi connectivity index (χ2n) is 6.79. The number of fused-ring (bicyclic) bond motifs is 1. The van der Waals surface area contributed by atoms with Crippen LogP contribution in [-0.4, -0.2) is 55.1 Å². The third-order valence-electron chi connectivity index (χ3n) is 5.10. The van der Waals surface area contributed by atoms with E-state index >= 15 is 0 Å². The first-order valence-electron chi connectivity index (χ1n) is 8.90. The molecule has 4 rings (SSSR count). The third-order valence-corrected chi connectivity index (χ3v) is 5.10. The zero-order valence-electron chi connectivity index (χ0n) is 14.4. The zero-order chi connectivity index (χ0) is 17.9. The Morgan fingerprint density at radius 2 is 1.92 bits per heavy atom. The monoisotopic (exact) mass is 351 g/mol. The number of carbonyl (C=O) groups excluding carboxylic acids is 1. The molecule has 2 aromatic heterocycles. The number of likely N-dealkylation sites (tertiary alicyclic amines) is 1. The number of hydrogen-bond donors (Lipinski definition) is 1. The van der Waals surface area contributed by atoms with Crippen molar-refractivity contribution in [2.24, 2.45) is 5.92 Å². The van der Waals surface area contributed by atoms with Crippen molar-refractivity contribution in [1.29, 1.82) is 0 Å². The number of benzene rings is 1. The molecule has 3 heterocycles. The van der Waals surface area contributed by atoms with E-state index in [2.05, 4.69) is 15.5 Å². The van der Waals surface area contributed by atoms with Crippen LogP contribution < -0.4 is 0 Å². The largest absolute Gasteiger partial charge is 0.392 e. The summed E-state index contributed by atoms with van der Waals surface area (Å²) in [6.07, 6.45) is 3.58. The molecule has 1 atom stereocenters. The van der Waals surface area contributed by atoms with Crippen molar-refractivity contribution in [3.8, 4) is 0 Å². The maximum absolute atomic E-state index is 12.7. The first-order valence-corrected chi connectivity index (χ1v) is 8.90. The Bertz CT molecular complexity index is 887. The molecule has 1 aromatic carbocycles. The van der Waals surface area contributed by atoms with E-state index in [1.165, 1.54) is 4.52 Å². The van der Waals surface area contributed by atoms with Crippen molar-refractivity contribution in [3.05, 3.63) is 59.8 Å². The van der Waals surface area contributed by atoms with Crippen LogP contribution in [0.1, 0.15) is 28.8 Å². The molecule has 0 bridgehead atoms. The van der Waals surface area contributed by atoms with Gasteiger partial charge in [0.1, 0.15) is 0 Å². The van der Waals surface area contributed by atoms with Crippen molar-refractivity contribution in [2.45, 2.75) is 25.4 Å². The van der Waals surface area contributed by atoms with Crippen molar-refractivity contribution >= 4 is 11.6 Å². The lowest BCUT2D eigenvalue weighted by Crippen LogP contribution is -2.41. The highest BCUT2D eigenvalue weighted by molar-refractivity contribution is 5.94. The number of aliphatic hydroxyl groups is 1. The third kappa shape index (κ3) is 3.43. The van der Waals surface area contributed by atoms with Gasteiger partial charge in [0.05, 0.1) is 11.7 Å².